The molecule has 0 heterocycles. The summed E-state index contributed by atoms with van der Waals surface area (Å²) >= 11 is 0. The number of aliphatic hydroxyl groups excluding tert-OH is 1. The van der Waals surface area contributed by atoms with Gasteiger partial charge < -0.3 is 33.8 Å². The molecule has 0 spiro atoms. The van der Waals surface area contributed by atoms with E-state index in [9.17, 15) is 43.2 Å². The summed E-state index contributed by atoms with van der Waals surface area (Å²) in [6.07, 6.45) is 65.0. The van der Waals surface area contributed by atoms with Gasteiger partial charge in [0, 0.05) is 25.7 Å². The minimum Gasteiger partial charge on any atom is -0.462 e. The first-order valence-corrected chi connectivity index (χ1v) is 45.1. The first-order valence-electron chi connectivity index (χ1n) is 42.1. The Bertz CT molecular complexity index is 1910. The van der Waals surface area contributed by atoms with Crippen LogP contribution in [0.2, 0.25) is 0 Å². The first-order chi connectivity index (χ1) is 48.5. The van der Waals surface area contributed by atoms with E-state index in [1.807, 2.05) is 0 Å². The molecule has 2 unspecified atom stereocenters. The molecule has 0 fully saturated rings. The molecular weight excluding hydrogens is 1310 g/mol. The molecule has 17 nitrogen and oxygen atoms in total. The van der Waals surface area contributed by atoms with Gasteiger partial charge in [-0.3, -0.25) is 37.3 Å². The van der Waals surface area contributed by atoms with Crippen molar-refractivity contribution in [1.29, 1.82) is 0 Å². The van der Waals surface area contributed by atoms with Crippen molar-refractivity contribution in [3.63, 3.8) is 0 Å². The normalized spacial score (nSPS) is 13.8. The summed E-state index contributed by atoms with van der Waals surface area (Å²) in [7, 11) is -9.92. The quantitative estimate of drug-likeness (QED) is 0.0222. The highest BCUT2D eigenvalue weighted by molar-refractivity contribution is 7.47. The van der Waals surface area contributed by atoms with Crippen molar-refractivity contribution in [2.75, 3.05) is 39.6 Å². The highest BCUT2D eigenvalue weighted by Gasteiger charge is 2.30. The lowest BCUT2D eigenvalue weighted by Gasteiger charge is -2.21. The molecule has 0 saturated carbocycles. The third kappa shape index (κ3) is 74.3. The van der Waals surface area contributed by atoms with E-state index in [4.69, 9.17) is 37.0 Å². The second-order valence-electron chi connectivity index (χ2n) is 29.6. The van der Waals surface area contributed by atoms with Crippen molar-refractivity contribution in [2.45, 2.75) is 451 Å². The molecule has 0 amide bonds. The number of rotatable bonds is 81. The molecule has 594 valence electrons. The number of aliphatic hydroxyl groups is 1. The van der Waals surface area contributed by atoms with E-state index >= 15 is 0 Å². The molecule has 3 N–H and O–H groups in total. The summed E-state index contributed by atoms with van der Waals surface area (Å²) in [5.74, 6) is -1.32. The molecule has 0 rings (SSSR count). The van der Waals surface area contributed by atoms with Crippen LogP contribution in [0.15, 0.2) is 0 Å². The van der Waals surface area contributed by atoms with Crippen LogP contribution in [-0.2, 0) is 65.4 Å². The van der Waals surface area contributed by atoms with Crippen molar-refractivity contribution in [3.8, 4) is 0 Å². The Balaban J connectivity index is 5.26. The van der Waals surface area contributed by atoms with Gasteiger partial charge in [-0.1, -0.05) is 381 Å². The standard InChI is InChI=1S/C81H158O17P2/c1-6-9-12-15-18-21-24-27-29-30-31-33-35-42-47-52-57-62-67-81(86)98-77(71-92-79(84)65-60-55-50-45-40-37-36-38-43-48-53-58-63-74(4)5)73-96-100(89,90)94-69-75(82)68-93-99(87,88)95-72-76(70-91-78(83)64-59-54-49-44-39-26-23-20-17-14-11-8-3)97-80(85)66-61-56-51-46-41-34-32-28-25-22-19-16-13-10-7-2/h74-77,82H,6-73H2,1-5H3,(H,87,88)(H,89,90)/t75-,76+,77+/m0/s1. The van der Waals surface area contributed by atoms with Gasteiger partial charge >= 0.3 is 39.5 Å². The van der Waals surface area contributed by atoms with Crippen LogP contribution in [0.3, 0.4) is 0 Å². The number of ether oxygens (including phenoxy) is 4. The Morgan fingerprint density at radius 3 is 0.680 bits per heavy atom. The maximum atomic E-state index is 13.1. The molecule has 0 saturated heterocycles. The van der Waals surface area contributed by atoms with Crippen molar-refractivity contribution < 1.29 is 80.2 Å². The van der Waals surface area contributed by atoms with E-state index in [0.717, 1.165) is 95.8 Å². The summed E-state index contributed by atoms with van der Waals surface area (Å²) < 4.78 is 68.8. The Kier molecular flexibility index (Phi) is 72.5. The SMILES string of the molecule is CCCCCCCCCCCCCCCCCCCCC(=O)O[C@H](COC(=O)CCCCCCCCCCCCCCC(C)C)COP(=O)(O)OC[C@@H](O)COP(=O)(O)OC[C@@H](COC(=O)CCCCCCCCCCCCCC)OC(=O)CCCCCCCCCCCCCCCCC. The molecule has 5 atom stereocenters. The van der Waals surface area contributed by atoms with E-state index in [-0.39, 0.29) is 25.7 Å². The smallest absolute Gasteiger partial charge is 0.462 e. The Morgan fingerprint density at radius 2 is 0.460 bits per heavy atom. The molecule has 19 heteroatoms. The number of phosphoric acid groups is 2. The fraction of sp³-hybridized carbons (Fsp3) is 0.951. The molecule has 0 aliphatic carbocycles. The van der Waals surface area contributed by atoms with Crippen molar-refractivity contribution in [1.82, 2.24) is 0 Å². The number of unbranched alkanes of at least 4 members (excludes halogenated alkanes) is 53. The Labute approximate surface area is 613 Å². The molecule has 0 radical (unpaired) electrons. The average Bonchev–Trinajstić information content (AvgIpc) is 0.962. The predicted octanol–water partition coefficient (Wildman–Crippen LogP) is 24.4. The number of esters is 4. The van der Waals surface area contributed by atoms with Gasteiger partial charge in [0.25, 0.3) is 0 Å². The van der Waals surface area contributed by atoms with Crippen molar-refractivity contribution in [2.24, 2.45) is 5.92 Å². The van der Waals surface area contributed by atoms with Crippen LogP contribution in [0.1, 0.15) is 433 Å². The molecule has 0 bridgehead atoms. The van der Waals surface area contributed by atoms with Crippen LogP contribution < -0.4 is 0 Å². The van der Waals surface area contributed by atoms with Crippen LogP contribution in [0.4, 0.5) is 0 Å². The lowest BCUT2D eigenvalue weighted by Crippen LogP contribution is -2.30. The number of carbonyl (C=O) groups is 4. The Morgan fingerprint density at radius 1 is 0.270 bits per heavy atom. The van der Waals surface area contributed by atoms with Crippen molar-refractivity contribution >= 4 is 39.5 Å². The molecule has 0 aromatic carbocycles. The monoisotopic (exact) mass is 1470 g/mol. The van der Waals surface area contributed by atoms with E-state index in [1.54, 1.807) is 0 Å². The minimum absolute atomic E-state index is 0.109. The maximum absolute atomic E-state index is 13.1. The maximum Gasteiger partial charge on any atom is 0.472 e. The highest BCUT2D eigenvalue weighted by Crippen LogP contribution is 2.45. The summed E-state index contributed by atoms with van der Waals surface area (Å²) in [6, 6.07) is 0. The minimum atomic E-state index is -4.96. The second-order valence-corrected chi connectivity index (χ2v) is 32.5. The first kappa shape index (κ1) is 98.1. The van der Waals surface area contributed by atoms with Crippen LogP contribution in [0, 0.1) is 5.92 Å². The predicted molar refractivity (Wildman–Crippen MR) is 409 cm³/mol. The zero-order chi connectivity index (χ0) is 73.4. The summed E-state index contributed by atoms with van der Waals surface area (Å²) in [6.45, 7) is 7.35. The largest absolute Gasteiger partial charge is 0.472 e. The lowest BCUT2D eigenvalue weighted by molar-refractivity contribution is -0.161. The average molecular weight is 1470 g/mol. The molecule has 0 aromatic heterocycles. The number of hydrogen-bond donors (Lipinski definition) is 3. The molecule has 0 aromatic rings. The van der Waals surface area contributed by atoms with Crippen LogP contribution in [0.25, 0.3) is 0 Å². The molecule has 0 aliphatic rings. The van der Waals surface area contributed by atoms with Gasteiger partial charge in [0.2, 0.25) is 0 Å². The van der Waals surface area contributed by atoms with E-state index in [0.29, 0.717) is 25.7 Å². The number of carbonyl (C=O) groups excluding carboxylic acids is 4. The fourth-order valence-corrected chi connectivity index (χ4v) is 14.2. The van der Waals surface area contributed by atoms with E-state index < -0.39 is 97.5 Å². The van der Waals surface area contributed by atoms with Gasteiger partial charge in [-0.25, -0.2) is 9.13 Å². The number of hydrogen-bond acceptors (Lipinski definition) is 15. The van der Waals surface area contributed by atoms with Gasteiger partial charge in [-0.2, -0.15) is 0 Å². The molecule has 100 heavy (non-hydrogen) atoms. The van der Waals surface area contributed by atoms with Crippen LogP contribution in [-0.4, -0.2) is 96.7 Å². The summed E-state index contributed by atoms with van der Waals surface area (Å²) in [5.41, 5.74) is 0. The molecule has 0 aliphatic heterocycles. The third-order valence-electron chi connectivity index (χ3n) is 19.0. The van der Waals surface area contributed by atoms with Gasteiger partial charge in [0.05, 0.1) is 26.4 Å². The third-order valence-corrected chi connectivity index (χ3v) is 20.9. The van der Waals surface area contributed by atoms with Gasteiger partial charge in [0.1, 0.15) is 19.3 Å². The topological polar surface area (TPSA) is 237 Å². The summed E-state index contributed by atoms with van der Waals surface area (Å²) in [4.78, 5) is 73.1. The van der Waals surface area contributed by atoms with Crippen molar-refractivity contribution in [3.05, 3.63) is 0 Å². The number of phosphoric ester groups is 2. The fourth-order valence-electron chi connectivity index (χ4n) is 12.6. The Hall–Kier alpha value is -1.94. The second kappa shape index (κ2) is 73.9. The lowest BCUT2D eigenvalue weighted by atomic mass is 10.0. The van der Waals surface area contributed by atoms with E-state index in [1.165, 1.54) is 257 Å². The van der Waals surface area contributed by atoms with E-state index in [2.05, 4.69) is 34.6 Å². The zero-order valence-corrected chi connectivity index (χ0v) is 67.1. The van der Waals surface area contributed by atoms with Gasteiger partial charge in [0.15, 0.2) is 12.2 Å². The van der Waals surface area contributed by atoms with Gasteiger partial charge in [-0.05, 0) is 31.6 Å². The van der Waals surface area contributed by atoms with Crippen LogP contribution in [0.5, 0.6) is 0 Å². The summed E-state index contributed by atoms with van der Waals surface area (Å²) in [5, 5.41) is 10.6. The van der Waals surface area contributed by atoms with Crippen LogP contribution >= 0.6 is 15.6 Å². The van der Waals surface area contributed by atoms with Gasteiger partial charge in [-0.15, -0.1) is 0 Å². The highest BCUT2D eigenvalue weighted by atomic mass is 31.2. The zero-order valence-electron chi connectivity index (χ0n) is 65.3. The molecular formula is C81H158O17P2.